The van der Waals surface area contributed by atoms with Crippen molar-refractivity contribution in [3.8, 4) is 5.75 Å². The Kier molecular flexibility index (Phi) is 5.97. The molecule has 0 saturated carbocycles. The summed E-state index contributed by atoms with van der Waals surface area (Å²) >= 11 is 1.20. The number of carbonyl (C=O) groups excluding carboxylic acids is 1. The molecule has 0 bridgehead atoms. The minimum atomic E-state index is -1.00. The SMILES string of the molecule is COc1ccc2sc(C(=O)O)c(N[C@@H](C)CNC(=O)OC(C)(C)C)c2c1. The minimum Gasteiger partial charge on any atom is -0.497 e. The van der Waals surface area contributed by atoms with Crippen molar-refractivity contribution in [3.05, 3.63) is 23.1 Å². The average molecular weight is 380 g/mol. The van der Waals surface area contributed by atoms with E-state index in [-0.39, 0.29) is 17.5 Å². The van der Waals surface area contributed by atoms with Crippen LogP contribution in [0.25, 0.3) is 10.1 Å². The first-order chi connectivity index (χ1) is 12.1. The predicted octanol–water partition coefficient (Wildman–Crippen LogP) is 3.93. The van der Waals surface area contributed by atoms with Crippen LogP contribution in [-0.4, -0.2) is 42.5 Å². The van der Waals surface area contributed by atoms with Gasteiger partial charge >= 0.3 is 12.1 Å². The zero-order valence-corrected chi connectivity index (χ0v) is 16.3. The summed E-state index contributed by atoms with van der Waals surface area (Å²) in [5.41, 5.74) is -0.0490. The molecule has 1 aromatic heterocycles. The maximum Gasteiger partial charge on any atom is 0.407 e. The van der Waals surface area contributed by atoms with Crippen LogP contribution in [0.5, 0.6) is 5.75 Å². The highest BCUT2D eigenvalue weighted by molar-refractivity contribution is 7.21. The van der Waals surface area contributed by atoms with Crippen molar-refractivity contribution in [1.82, 2.24) is 5.32 Å². The maximum atomic E-state index is 11.8. The summed E-state index contributed by atoms with van der Waals surface area (Å²) in [6, 6.07) is 5.22. The largest absolute Gasteiger partial charge is 0.497 e. The number of carbonyl (C=O) groups is 2. The Morgan fingerprint density at radius 2 is 2.00 bits per heavy atom. The molecule has 142 valence electrons. The Balaban J connectivity index is 2.16. The van der Waals surface area contributed by atoms with Gasteiger partial charge in [-0.2, -0.15) is 0 Å². The number of thiophene rings is 1. The van der Waals surface area contributed by atoms with Gasteiger partial charge < -0.3 is 25.2 Å². The molecule has 0 radical (unpaired) electrons. The number of carboxylic acids is 1. The highest BCUT2D eigenvalue weighted by atomic mass is 32.1. The molecule has 8 heteroatoms. The van der Waals surface area contributed by atoms with Gasteiger partial charge in [0.1, 0.15) is 16.2 Å². The summed E-state index contributed by atoms with van der Waals surface area (Å²) in [7, 11) is 1.56. The number of amides is 1. The zero-order chi connectivity index (χ0) is 19.5. The maximum absolute atomic E-state index is 11.8. The molecule has 7 nitrogen and oxygen atoms in total. The number of hydrogen-bond acceptors (Lipinski definition) is 6. The molecule has 26 heavy (non-hydrogen) atoms. The van der Waals surface area contributed by atoms with Gasteiger partial charge in [0, 0.05) is 22.7 Å². The van der Waals surface area contributed by atoms with Crippen LogP contribution in [0.15, 0.2) is 18.2 Å². The molecule has 2 rings (SSSR count). The molecule has 0 aliphatic rings. The van der Waals surface area contributed by atoms with E-state index >= 15 is 0 Å². The molecule has 0 fully saturated rings. The van der Waals surface area contributed by atoms with E-state index in [1.54, 1.807) is 40.0 Å². The van der Waals surface area contributed by atoms with Gasteiger partial charge in [0.15, 0.2) is 0 Å². The second kappa shape index (κ2) is 7.82. The van der Waals surface area contributed by atoms with Crippen LogP contribution >= 0.6 is 11.3 Å². The number of fused-ring (bicyclic) bond motifs is 1. The lowest BCUT2D eigenvalue weighted by Gasteiger charge is -2.21. The first-order valence-corrected chi connectivity index (χ1v) is 8.99. The Morgan fingerprint density at radius 1 is 1.31 bits per heavy atom. The van der Waals surface area contributed by atoms with E-state index in [1.165, 1.54) is 11.3 Å². The van der Waals surface area contributed by atoms with E-state index in [1.807, 2.05) is 13.0 Å². The van der Waals surface area contributed by atoms with E-state index in [9.17, 15) is 14.7 Å². The van der Waals surface area contributed by atoms with Crippen LogP contribution in [-0.2, 0) is 4.74 Å². The van der Waals surface area contributed by atoms with Crippen molar-refractivity contribution in [2.75, 3.05) is 19.0 Å². The van der Waals surface area contributed by atoms with Crippen molar-refractivity contribution in [3.63, 3.8) is 0 Å². The van der Waals surface area contributed by atoms with Crippen molar-refractivity contribution < 1.29 is 24.2 Å². The van der Waals surface area contributed by atoms with Crippen molar-refractivity contribution in [2.45, 2.75) is 39.3 Å². The first-order valence-electron chi connectivity index (χ1n) is 8.18. The second-order valence-electron chi connectivity index (χ2n) is 6.90. The molecule has 1 heterocycles. The molecule has 0 aliphatic heterocycles. The summed E-state index contributed by atoms with van der Waals surface area (Å²) in [5.74, 6) is -0.352. The monoisotopic (exact) mass is 380 g/mol. The van der Waals surface area contributed by atoms with E-state index in [0.717, 1.165) is 10.1 Å². The highest BCUT2D eigenvalue weighted by Gasteiger charge is 2.21. The number of nitrogens with one attached hydrogen (secondary N) is 2. The van der Waals surface area contributed by atoms with Crippen LogP contribution in [0.4, 0.5) is 10.5 Å². The molecule has 2 aromatic rings. The average Bonchev–Trinajstić information content (AvgIpc) is 2.89. The van der Waals surface area contributed by atoms with Crippen molar-refractivity contribution >= 4 is 39.2 Å². The number of alkyl carbamates (subject to hydrolysis) is 1. The Bertz CT molecular complexity index is 810. The molecule has 3 N–H and O–H groups in total. The minimum absolute atomic E-state index is 0.204. The predicted molar refractivity (Wildman–Crippen MR) is 103 cm³/mol. The summed E-state index contributed by atoms with van der Waals surface area (Å²) in [4.78, 5) is 23.6. The van der Waals surface area contributed by atoms with Crippen LogP contribution in [0, 0.1) is 0 Å². The quantitative estimate of drug-likeness (QED) is 0.702. The topological polar surface area (TPSA) is 96.9 Å². The number of aromatic carboxylic acids is 1. The summed E-state index contributed by atoms with van der Waals surface area (Å²) < 4.78 is 11.3. The fourth-order valence-electron chi connectivity index (χ4n) is 2.35. The van der Waals surface area contributed by atoms with E-state index in [2.05, 4.69) is 10.6 Å². The third kappa shape index (κ3) is 5.01. The van der Waals surface area contributed by atoms with E-state index in [0.29, 0.717) is 11.4 Å². The Morgan fingerprint density at radius 3 is 2.58 bits per heavy atom. The molecule has 1 aromatic carbocycles. The van der Waals surface area contributed by atoms with Crippen LogP contribution in [0.3, 0.4) is 0 Å². The lowest BCUT2D eigenvalue weighted by atomic mass is 10.2. The van der Waals surface area contributed by atoms with Gasteiger partial charge in [-0.05, 0) is 45.9 Å². The van der Waals surface area contributed by atoms with E-state index < -0.39 is 17.7 Å². The van der Waals surface area contributed by atoms with Crippen LogP contribution in [0.1, 0.15) is 37.4 Å². The standard InChI is InChI=1S/C18H24N2O5S/c1-10(9-19-17(23)25-18(2,3)4)20-14-12-8-11(24-5)6-7-13(12)26-15(14)16(21)22/h6-8,10,20H,9H2,1-5H3,(H,19,23)(H,21,22)/t10-/m0/s1. The van der Waals surface area contributed by atoms with Crippen LogP contribution < -0.4 is 15.4 Å². The Hall–Kier alpha value is -2.48. The molecule has 1 amide bonds. The molecular formula is C18H24N2O5S. The van der Waals surface area contributed by atoms with Gasteiger partial charge in [0.25, 0.3) is 0 Å². The molecule has 0 spiro atoms. The Labute approximate surface area is 156 Å². The summed E-state index contributed by atoms with van der Waals surface area (Å²) in [5, 5.41) is 16.1. The summed E-state index contributed by atoms with van der Waals surface area (Å²) in [6.07, 6.45) is -0.513. The van der Waals surface area contributed by atoms with Crippen LogP contribution in [0.2, 0.25) is 0 Å². The third-order valence-electron chi connectivity index (χ3n) is 3.43. The number of benzene rings is 1. The number of hydrogen-bond donors (Lipinski definition) is 3. The number of methoxy groups -OCH3 is 1. The van der Waals surface area contributed by atoms with Gasteiger partial charge in [-0.1, -0.05) is 0 Å². The van der Waals surface area contributed by atoms with Crippen molar-refractivity contribution in [2.24, 2.45) is 0 Å². The van der Waals surface area contributed by atoms with E-state index in [4.69, 9.17) is 9.47 Å². The van der Waals surface area contributed by atoms with Gasteiger partial charge in [-0.25, -0.2) is 9.59 Å². The smallest absolute Gasteiger partial charge is 0.407 e. The first kappa shape index (κ1) is 19.8. The normalized spacial score (nSPS) is 12.5. The van der Waals surface area contributed by atoms with Gasteiger partial charge in [-0.15, -0.1) is 11.3 Å². The lowest BCUT2D eigenvalue weighted by molar-refractivity contribution is 0.0525. The lowest BCUT2D eigenvalue weighted by Crippen LogP contribution is -2.38. The zero-order valence-electron chi connectivity index (χ0n) is 15.5. The van der Waals surface area contributed by atoms with Crippen molar-refractivity contribution in [1.29, 1.82) is 0 Å². The number of rotatable bonds is 6. The molecule has 0 saturated heterocycles. The fourth-order valence-corrected chi connectivity index (χ4v) is 3.33. The molecule has 0 unspecified atom stereocenters. The number of ether oxygens (including phenoxy) is 2. The highest BCUT2D eigenvalue weighted by Crippen LogP contribution is 2.38. The third-order valence-corrected chi connectivity index (χ3v) is 4.59. The number of carboxylic acid groups (broad SMARTS) is 1. The van der Waals surface area contributed by atoms with Gasteiger partial charge in [0.2, 0.25) is 0 Å². The summed E-state index contributed by atoms with van der Waals surface area (Å²) in [6.45, 7) is 7.51. The number of anilines is 1. The van der Waals surface area contributed by atoms with Gasteiger partial charge in [-0.3, -0.25) is 0 Å². The molecular weight excluding hydrogens is 356 g/mol. The second-order valence-corrected chi connectivity index (χ2v) is 7.95. The van der Waals surface area contributed by atoms with Gasteiger partial charge in [0.05, 0.1) is 12.8 Å². The molecule has 0 aliphatic carbocycles. The molecule has 1 atom stereocenters. The fraction of sp³-hybridized carbons (Fsp3) is 0.444.